The van der Waals surface area contributed by atoms with Crippen LogP contribution in [0, 0.1) is 6.92 Å². The third-order valence-electron chi connectivity index (χ3n) is 2.03. The van der Waals surface area contributed by atoms with Crippen molar-refractivity contribution in [2.45, 2.75) is 12.8 Å². The number of hydrogen-bond donors (Lipinski definition) is 1. The largest absolute Gasteiger partial charge is 0.396 e. The van der Waals surface area contributed by atoms with Gasteiger partial charge in [0, 0.05) is 5.92 Å². The van der Waals surface area contributed by atoms with E-state index in [-0.39, 0.29) is 12.5 Å². The predicted molar refractivity (Wildman–Crippen MR) is 47.0 cm³/mol. The van der Waals surface area contributed by atoms with Gasteiger partial charge in [-0.2, -0.15) is 0 Å². The molecule has 1 rings (SSSR count). The zero-order chi connectivity index (χ0) is 8.97. The van der Waals surface area contributed by atoms with E-state index in [0.29, 0.717) is 0 Å². The molecule has 0 saturated carbocycles. The summed E-state index contributed by atoms with van der Waals surface area (Å²) in [4.78, 5) is 0. The quantitative estimate of drug-likeness (QED) is 0.732. The third kappa shape index (κ3) is 1.83. The lowest BCUT2D eigenvalue weighted by Crippen LogP contribution is -2.07. The van der Waals surface area contributed by atoms with Crippen molar-refractivity contribution in [3.05, 3.63) is 35.4 Å². The van der Waals surface area contributed by atoms with Gasteiger partial charge in [-0.3, -0.25) is 4.39 Å². The molecule has 0 spiro atoms. The van der Waals surface area contributed by atoms with Crippen LogP contribution in [0.3, 0.4) is 0 Å². The molecule has 0 heterocycles. The number of rotatable bonds is 3. The van der Waals surface area contributed by atoms with Gasteiger partial charge in [0.1, 0.15) is 0 Å². The van der Waals surface area contributed by atoms with Crippen LogP contribution in [0.4, 0.5) is 4.39 Å². The molecule has 0 aliphatic carbocycles. The van der Waals surface area contributed by atoms with E-state index in [1.54, 1.807) is 0 Å². The molecule has 0 bridgehead atoms. The second kappa shape index (κ2) is 4.21. The number of hydrogen-bond acceptors (Lipinski definition) is 1. The Morgan fingerprint density at radius 2 is 2.08 bits per heavy atom. The molecule has 1 aromatic rings. The molecule has 1 atom stereocenters. The second-order valence-corrected chi connectivity index (χ2v) is 2.89. The number of alkyl halides is 1. The molecule has 0 radical (unpaired) electrons. The summed E-state index contributed by atoms with van der Waals surface area (Å²) in [7, 11) is 0. The van der Waals surface area contributed by atoms with Gasteiger partial charge >= 0.3 is 0 Å². The highest BCUT2D eigenvalue weighted by Crippen LogP contribution is 2.19. The van der Waals surface area contributed by atoms with Gasteiger partial charge in [-0.05, 0) is 18.1 Å². The minimum Gasteiger partial charge on any atom is -0.396 e. The Balaban J connectivity index is 2.92. The maximum atomic E-state index is 12.4. The van der Waals surface area contributed by atoms with Crippen LogP contribution in [-0.2, 0) is 0 Å². The normalized spacial score (nSPS) is 12.9. The van der Waals surface area contributed by atoms with Crippen LogP contribution in [0.15, 0.2) is 24.3 Å². The smallest absolute Gasteiger partial charge is 0.0985 e. The fourth-order valence-corrected chi connectivity index (χ4v) is 1.28. The minimum atomic E-state index is -0.499. The lowest BCUT2D eigenvalue weighted by atomic mass is 9.97. The van der Waals surface area contributed by atoms with E-state index in [4.69, 9.17) is 5.11 Å². The zero-order valence-electron chi connectivity index (χ0n) is 7.13. The highest BCUT2D eigenvalue weighted by molar-refractivity contribution is 5.29. The molecule has 0 aromatic heterocycles. The summed E-state index contributed by atoms with van der Waals surface area (Å²) in [5.41, 5.74) is 1.94. The summed E-state index contributed by atoms with van der Waals surface area (Å²) in [6, 6.07) is 7.55. The third-order valence-corrected chi connectivity index (χ3v) is 2.03. The van der Waals surface area contributed by atoms with Gasteiger partial charge in [-0.1, -0.05) is 24.3 Å². The van der Waals surface area contributed by atoms with E-state index in [2.05, 4.69) is 0 Å². The molecule has 1 unspecified atom stereocenters. The average Bonchev–Trinajstić information content (AvgIpc) is 2.10. The Morgan fingerprint density at radius 1 is 1.42 bits per heavy atom. The van der Waals surface area contributed by atoms with Crippen molar-refractivity contribution in [2.24, 2.45) is 0 Å². The Labute approximate surface area is 71.9 Å². The van der Waals surface area contributed by atoms with Crippen LogP contribution in [0.1, 0.15) is 17.0 Å². The molecule has 0 saturated heterocycles. The molecule has 0 amide bonds. The number of aryl methyl sites for hydroxylation is 1. The highest BCUT2D eigenvalue weighted by Gasteiger charge is 2.11. The highest BCUT2D eigenvalue weighted by atomic mass is 19.1. The van der Waals surface area contributed by atoms with Crippen LogP contribution in [0.25, 0.3) is 0 Å². The fraction of sp³-hybridized carbons (Fsp3) is 0.400. The van der Waals surface area contributed by atoms with E-state index in [1.165, 1.54) is 0 Å². The van der Waals surface area contributed by atoms with Crippen molar-refractivity contribution in [3.63, 3.8) is 0 Å². The van der Waals surface area contributed by atoms with Crippen LogP contribution in [0.5, 0.6) is 0 Å². The number of aliphatic hydroxyl groups excluding tert-OH is 1. The minimum absolute atomic E-state index is 0.124. The summed E-state index contributed by atoms with van der Waals surface area (Å²) >= 11 is 0. The summed E-state index contributed by atoms with van der Waals surface area (Å²) in [5, 5.41) is 8.86. The first kappa shape index (κ1) is 9.20. The molecule has 1 N–H and O–H groups in total. The first-order chi connectivity index (χ1) is 5.79. The maximum absolute atomic E-state index is 12.4. The van der Waals surface area contributed by atoms with Gasteiger partial charge in [0.15, 0.2) is 0 Å². The average molecular weight is 168 g/mol. The summed E-state index contributed by atoms with van der Waals surface area (Å²) in [6.07, 6.45) is 0. The van der Waals surface area contributed by atoms with E-state index in [1.807, 2.05) is 31.2 Å². The Hall–Kier alpha value is -0.890. The molecule has 0 fully saturated rings. The molecule has 0 aliphatic heterocycles. The van der Waals surface area contributed by atoms with Gasteiger partial charge in [0.2, 0.25) is 0 Å². The van der Waals surface area contributed by atoms with Crippen molar-refractivity contribution in [2.75, 3.05) is 13.3 Å². The standard InChI is InChI=1S/C10H13FO/c1-8-4-2-3-5-10(8)9(6-11)7-12/h2-5,9,12H,6-7H2,1H3. The number of benzene rings is 1. The van der Waals surface area contributed by atoms with Crippen molar-refractivity contribution >= 4 is 0 Å². The Bertz CT molecular complexity index is 243. The SMILES string of the molecule is Cc1ccccc1C(CO)CF. The van der Waals surface area contributed by atoms with Crippen LogP contribution in [-0.4, -0.2) is 18.4 Å². The Kier molecular flexibility index (Phi) is 3.23. The predicted octanol–water partition coefficient (Wildman–Crippen LogP) is 2.04. The molecule has 0 aliphatic rings. The maximum Gasteiger partial charge on any atom is 0.0985 e. The van der Waals surface area contributed by atoms with E-state index in [9.17, 15) is 4.39 Å². The first-order valence-electron chi connectivity index (χ1n) is 4.02. The van der Waals surface area contributed by atoms with Crippen LogP contribution < -0.4 is 0 Å². The monoisotopic (exact) mass is 168 g/mol. The molecule has 2 heteroatoms. The molecule has 66 valence electrons. The van der Waals surface area contributed by atoms with E-state index >= 15 is 0 Å². The fourth-order valence-electron chi connectivity index (χ4n) is 1.28. The van der Waals surface area contributed by atoms with Crippen molar-refractivity contribution in [3.8, 4) is 0 Å². The molecule has 1 aromatic carbocycles. The number of aliphatic hydroxyl groups is 1. The summed E-state index contributed by atoms with van der Waals surface area (Å²) in [6.45, 7) is 1.30. The number of halogens is 1. The van der Waals surface area contributed by atoms with Gasteiger partial charge in [-0.25, -0.2) is 0 Å². The molecular formula is C10H13FO. The first-order valence-corrected chi connectivity index (χ1v) is 4.02. The molecule has 12 heavy (non-hydrogen) atoms. The summed E-state index contributed by atoms with van der Waals surface area (Å²) < 4.78 is 12.4. The van der Waals surface area contributed by atoms with Crippen molar-refractivity contribution in [1.29, 1.82) is 0 Å². The second-order valence-electron chi connectivity index (χ2n) is 2.89. The summed E-state index contributed by atoms with van der Waals surface area (Å²) in [5.74, 6) is -0.355. The lowest BCUT2D eigenvalue weighted by Gasteiger charge is -2.12. The van der Waals surface area contributed by atoms with Gasteiger partial charge in [-0.15, -0.1) is 0 Å². The molecule has 1 nitrogen and oxygen atoms in total. The van der Waals surface area contributed by atoms with Crippen LogP contribution >= 0.6 is 0 Å². The molecular weight excluding hydrogens is 155 g/mol. The Morgan fingerprint density at radius 3 is 2.58 bits per heavy atom. The van der Waals surface area contributed by atoms with Gasteiger partial charge < -0.3 is 5.11 Å². The van der Waals surface area contributed by atoms with Crippen molar-refractivity contribution in [1.82, 2.24) is 0 Å². The lowest BCUT2D eigenvalue weighted by molar-refractivity contribution is 0.240. The zero-order valence-corrected chi connectivity index (χ0v) is 7.13. The van der Waals surface area contributed by atoms with Gasteiger partial charge in [0.05, 0.1) is 13.3 Å². The van der Waals surface area contributed by atoms with E-state index < -0.39 is 6.67 Å². The van der Waals surface area contributed by atoms with E-state index in [0.717, 1.165) is 11.1 Å². The van der Waals surface area contributed by atoms with Crippen molar-refractivity contribution < 1.29 is 9.50 Å². The topological polar surface area (TPSA) is 20.2 Å². The van der Waals surface area contributed by atoms with Crippen LogP contribution in [0.2, 0.25) is 0 Å². The van der Waals surface area contributed by atoms with Gasteiger partial charge in [0.25, 0.3) is 0 Å².